The molecule has 1 aromatic carbocycles. The van der Waals surface area contributed by atoms with Crippen molar-refractivity contribution in [2.75, 3.05) is 0 Å². The summed E-state index contributed by atoms with van der Waals surface area (Å²) in [6.07, 6.45) is 0.0311. The van der Waals surface area contributed by atoms with Crippen LogP contribution in [0.25, 0.3) is 11.0 Å². The number of aryl methyl sites for hydroxylation is 1. The zero-order valence-electron chi connectivity index (χ0n) is 11.1. The van der Waals surface area contributed by atoms with Gasteiger partial charge in [-0.1, -0.05) is 12.1 Å². The van der Waals surface area contributed by atoms with Crippen LogP contribution in [0.2, 0.25) is 0 Å². The second-order valence-corrected chi connectivity index (χ2v) is 6.51. The Bertz CT molecular complexity index is 734. The molecule has 3 aromatic rings. The summed E-state index contributed by atoms with van der Waals surface area (Å²) in [5.74, 6) is 0.936. The van der Waals surface area contributed by atoms with Crippen molar-refractivity contribution in [1.29, 1.82) is 0 Å². The third kappa shape index (κ3) is 2.53. The lowest BCUT2D eigenvalue weighted by Crippen LogP contribution is -2.07. The molecule has 0 aliphatic carbocycles. The molecule has 0 aliphatic rings. The standard InChI is InChI=1S/C15H15BrN2OS/c1-2-18-12-6-4-3-5-11(12)17-15(18)8-13(19)14-7-10(16)9-20-14/h3-7,9,13,19H,2,8H2,1H3. The molecule has 20 heavy (non-hydrogen) atoms. The van der Waals surface area contributed by atoms with E-state index in [1.54, 1.807) is 11.3 Å². The molecule has 0 spiro atoms. The largest absolute Gasteiger partial charge is 0.387 e. The highest BCUT2D eigenvalue weighted by atomic mass is 79.9. The molecular formula is C15H15BrN2OS. The Hall–Kier alpha value is -1.17. The Morgan fingerprint density at radius 2 is 2.20 bits per heavy atom. The van der Waals surface area contributed by atoms with Crippen molar-refractivity contribution in [3.63, 3.8) is 0 Å². The van der Waals surface area contributed by atoms with Gasteiger partial charge in [-0.05, 0) is 41.1 Å². The fourth-order valence-electron chi connectivity index (χ4n) is 2.41. The highest BCUT2D eigenvalue weighted by Gasteiger charge is 2.16. The minimum Gasteiger partial charge on any atom is -0.387 e. The number of para-hydroxylation sites is 2. The van der Waals surface area contributed by atoms with E-state index in [2.05, 4.69) is 38.5 Å². The first kappa shape index (κ1) is 13.8. The molecule has 2 aromatic heterocycles. The zero-order valence-corrected chi connectivity index (χ0v) is 13.5. The highest BCUT2D eigenvalue weighted by molar-refractivity contribution is 9.10. The molecule has 3 nitrogen and oxygen atoms in total. The predicted octanol–water partition coefficient (Wildman–Crippen LogP) is 4.16. The van der Waals surface area contributed by atoms with E-state index in [-0.39, 0.29) is 0 Å². The first-order chi connectivity index (χ1) is 9.69. The maximum atomic E-state index is 10.4. The van der Waals surface area contributed by atoms with Gasteiger partial charge >= 0.3 is 0 Å². The van der Waals surface area contributed by atoms with Gasteiger partial charge in [0.2, 0.25) is 0 Å². The Balaban J connectivity index is 1.94. The Morgan fingerprint density at radius 1 is 1.40 bits per heavy atom. The van der Waals surface area contributed by atoms with Crippen molar-refractivity contribution < 1.29 is 5.11 Å². The van der Waals surface area contributed by atoms with Crippen LogP contribution < -0.4 is 0 Å². The van der Waals surface area contributed by atoms with Crippen molar-refractivity contribution in [1.82, 2.24) is 9.55 Å². The minimum absolute atomic E-state index is 0.506. The smallest absolute Gasteiger partial charge is 0.112 e. The molecule has 0 fully saturated rings. The van der Waals surface area contributed by atoms with Crippen LogP contribution in [0.4, 0.5) is 0 Å². The SMILES string of the molecule is CCn1c(CC(O)c2cc(Br)cs2)nc2ccccc21. The number of aliphatic hydroxyl groups excluding tert-OH is 1. The van der Waals surface area contributed by atoms with Crippen molar-refractivity contribution in [2.24, 2.45) is 0 Å². The number of aliphatic hydroxyl groups is 1. The van der Waals surface area contributed by atoms with Crippen LogP contribution in [-0.4, -0.2) is 14.7 Å². The number of benzene rings is 1. The molecule has 1 unspecified atom stereocenters. The summed E-state index contributed by atoms with van der Waals surface area (Å²) in [4.78, 5) is 5.62. The average Bonchev–Trinajstić information content (AvgIpc) is 3.01. The van der Waals surface area contributed by atoms with Gasteiger partial charge < -0.3 is 9.67 Å². The van der Waals surface area contributed by atoms with E-state index in [1.807, 2.05) is 29.6 Å². The minimum atomic E-state index is -0.506. The molecule has 3 rings (SSSR count). The van der Waals surface area contributed by atoms with Gasteiger partial charge in [0.25, 0.3) is 0 Å². The van der Waals surface area contributed by atoms with Gasteiger partial charge in [0.1, 0.15) is 5.82 Å². The average molecular weight is 351 g/mol. The van der Waals surface area contributed by atoms with Crippen LogP contribution in [0, 0.1) is 0 Å². The maximum absolute atomic E-state index is 10.4. The molecule has 5 heteroatoms. The molecule has 0 amide bonds. The lowest BCUT2D eigenvalue weighted by Gasteiger charge is -2.10. The van der Waals surface area contributed by atoms with Gasteiger partial charge in [0.05, 0.1) is 17.1 Å². The maximum Gasteiger partial charge on any atom is 0.112 e. The quantitative estimate of drug-likeness (QED) is 0.767. The second-order valence-electron chi connectivity index (χ2n) is 4.65. The molecule has 0 saturated carbocycles. The van der Waals surface area contributed by atoms with Crippen LogP contribution in [0.5, 0.6) is 0 Å². The number of nitrogens with zero attached hydrogens (tertiary/aromatic N) is 2. The first-order valence-electron chi connectivity index (χ1n) is 6.55. The normalized spacial score (nSPS) is 12.9. The Morgan fingerprint density at radius 3 is 2.90 bits per heavy atom. The number of imidazole rings is 1. The van der Waals surface area contributed by atoms with Crippen LogP contribution in [0.15, 0.2) is 40.2 Å². The molecule has 1 atom stereocenters. The summed E-state index contributed by atoms with van der Waals surface area (Å²) in [7, 11) is 0. The van der Waals surface area contributed by atoms with E-state index in [0.29, 0.717) is 6.42 Å². The van der Waals surface area contributed by atoms with Gasteiger partial charge in [0, 0.05) is 27.7 Å². The second kappa shape index (κ2) is 5.68. The summed E-state index contributed by atoms with van der Waals surface area (Å²) in [5.41, 5.74) is 2.12. The molecule has 0 bridgehead atoms. The van der Waals surface area contributed by atoms with Crippen molar-refractivity contribution >= 4 is 38.3 Å². The lowest BCUT2D eigenvalue weighted by atomic mass is 10.2. The molecule has 0 radical (unpaired) electrons. The van der Waals surface area contributed by atoms with E-state index < -0.39 is 6.10 Å². The molecular weight excluding hydrogens is 336 g/mol. The topological polar surface area (TPSA) is 38.0 Å². The fourth-order valence-corrected chi connectivity index (χ4v) is 3.84. The fraction of sp³-hybridized carbons (Fsp3) is 0.267. The van der Waals surface area contributed by atoms with Crippen LogP contribution in [-0.2, 0) is 13.0 Å². The predicted molar refractivity (Wildman–Crippen MR) is 86.1 cm³/mol. The zero-order chi connectivity index (χ0) is 14.1. The van der Waals surface area contributed by atoms with Crippen LogP contribution >= 0.6 is 27.3 Å². The molecule has 0 saturated heterocycles. The number of halogens is 1. The monoisotopic (exact) mass is 350 g/mol. The summed E-state index contributed by atoms with van der Waals surface area (Å²) in [5, 5.41) is 12.4. The number of rotatable bonds is 4. The van der Waals surface area contributed by atoms with Gasteiger partial charge in [-0.3, -0.25) is 0 Å². The number of aromatic nitrogens is 2. The number of fused-ring (bicyclic) bond motifs is 1. The van der Waals surface area contributed by atoms with Gasteiger partial charge in [-0.15, -0.1) is 11.3 Å². The van der Waals surface area contributed by atoms with Gasteiger partial charge in [-0.25, -0.2) is 4.98 Å². The molecule has 1 N–H and O–H groups in total. The summed E-state index contributed by atoms with van der Waals surface area (Å²) in [6.45, 7) is 2.96. The lowest BCUT2D eigenvalue weighted by molar-refractivity contribution is 0.178. The van der Waals surface area contributed by atoms with Gasteiger partial charge in [0.15, 0.2) is 0 Å². The van der Waals surface area contributed by atoms with Crippen LogP contribution in [0.1, 0.15) is 23.7 Å². The summed E-state index contributed by atoms with van der Waals surface area (Å²) in [6, 6.07) is 10.1. The van der Waals surface area contributed by atoms with E-state index in [4.69, 9.17) is 0 Å². The van der Waals surface area contributed by atoms with Crippen molar-refractivity contribution in [3.8, 4) is 0 Å². The number of hydrogen-bond donors (Lipinski definition) is 1. The van der Waals surface area contributed by atoms with E-state index in [0.717, 1.165) is 32.8 Å². The Kier molecular flexibility index (Phi) is 3.92. The molecule has 0 aliphatic heterocycles. The third-order valence-electron chi connectivity index (χ3n) is 3.34. The van der Waals surface area contributed by atoms with Crippen molar-refractivity contribution in [2.45, 2.75) is 26.0 Å². The van der Waals surface area contributed by atoms with Gasteiger partial charge in [-0.2, -0.15) is 0 Å². The van der Waals surface area contributed by atoms with E-state index in [1.165, 1.54) is 0 Å². The van der Waals surface area contributed by atoms with E-state index in [9.17, 15) is 5.11 Å². The van der Waals surface area contributed by atoms with Crippen LogP contribution in [0.3, 0.4) is 0 Å². The number of thiophene rings is 1. The molecule has 104 valence electrons. The van der Waals surface area contributed by atoms with Crippen molar-refractivity contribution in [3.05, 3.63) is 50.9 Å². The third-order valence-corrected chi connectivity index (χ3v) is 5.14. The molecule has 2 heterocycles. The first-order valence-corrected chi connectivity index (χ1v) is 8.22. The summed E-state index contributed by atoms with van der Waals surface area (Å²) >= 11 is 4.98. The summed E-state index contributed by atoms with van der Waals surface area (Å²) < 4.78 is 3.18. The Labute approximate surface area is 130 Å². The number of hydrogen-bond acceptors (Lipinski definition) is 3. The highest BCUT2D eigenvalue weighted by Crippen LogP contribution is 2.28. The van der Waals surface area contributed by atoms with E-state index >= 15 is 0 Å².